The maximum Gasteiger partial charge on any atom is 0.226 e. The lowest BCUT2D eigenvalue weighted by Crippen LogP contribution is -2.40. The number of benzene rings is 1. The number of hydrogen-bond acceptors (Lipinski definition) is 4. The first-order valence-electron chi connectivity index (χ1n) is 10.3. The van der Waals surface area contributed by atoms with E-state index in [0.717, 1.165) is 43.4 Å². The number of rotatable bonds is 7. The van der Waals surface area contributed by atoms with Gasteiger partial charge in [-0.25, -0.2) is 4.98 Å². The summed E-state index contributed by atoms with van der Waals surface area (Å²) >= 11 is 0. The predicted molar refractivity (Wildman–Crippen MR) is 114 cm³/mol. The summed E-state index contributed by atoms with van der Waals surface area (Å²) in [4.78, 5) is 13.9. The van der Waals surface area contributed by atoms with E-state index in [1.54, 1.807) is 6.26 Å². The summed E-state index contributed by atoms with van der Waals surface area (Å²) in [6.45, 7) is 12.7. The van der Waals surface area contributed by atoms with E-state index in [2.05, 4.69) is 58.0 Å². The van der Waals surface area contributed by atoms with E-state index in [0.29, 0.717) is 18.4 Å². The average molecular weight is 384 g/mol. The zero-order valence-electron chi connectivity index (χ0n) is 17.6. The molecule has 2 aromatic rings. The highest BCUT2D eigenvalue weighted by Gasteiger charge is 2.26. The minimum atomic E-state index is 0.610. The van der Waals surface area contributed by atoms with E-state index >= 15 is 0 Å². The molecule has 1 N–H and O–H groups in total. The van der Waals surface area contributed by atoms with Gasteiger partial charge in [0.2, 0.25) is 5.89 Å². The van der Waals surface area contributed by atoms with Gasteiger partial charge >= 0.3 is 0 Å². The van der Waals surface area contributed by atoms with Crippen LogP contribution in [0.2, 0.25) is 0 Å². The number of oxazole rings is 1. The highest BCUT2D eigenvalue weighted by Crippen LogP contribution is 2.20. The van der Waals surface area contributed by atoms with Crippen molar-refractivity contribution < 1.29 is 4.42 Å². The largest absolute Gasteiger partial charge is 0.444 e. The summed E-state index contributed by atoms with van der Waals surface area (Å²) < 4.78 is 5.66. The van der Waals surface area contributed by atoms with E-state index < -0.39 is 0 Å². The number of hydrogen-bond donors (Lipinski definition) is 1. The molecule has 1 fully saturated rings. The summed E-state index contributed by atoms with van der Waals surface area (Å²) in [6.07, 6.45) is 2.95. The smallest absolute Gasteiger partial charge is 0.226 e. The molecule has 0 amide bonds. The van der Waals surface area contributed by atoms with Crippen LogP contribution in [0.1, 0.15) is 31.5 Å². The second kappa shape index (κ2) is 9.73. The molecule has 0 aliphatic carbocycles. The number of likely N-dealkylation sites (tertiary alicyclic amines) is 1. The Morgan fingerprint density at radius 3 is 2.71 bits per heavy atom. The maximum absolute atomic E-state index is 5.66. The number of aliphatic imine (C=N–C) groups is 1. The highest BCUT2D eigenvalue weighted by molar-refractivity contribution is 5.80. The van der Waals surface area contributed by atoms with Crippen LogP contribution in [0.4, 0.5) is 0 Å². The third kappa shape index (κ3) is 5.13. The SMILES string of the molecule is CCN(CC)CC1CCN(C(=NC)NCc2coc(-c3ccc(C)cc3)n2)C1. The Labute approximate surface area is 168 Å². The maximum atomic E-state index is 5.66. The molecule has 6 heteroatoms. The summed E-state index contributed by atoms with van der Waals surface area (Å²) in [5.74, 6) is 2.31. The molecule has 1 aliphatic heterocycles. The summed E-state index contributed by atoms with van der Waals surface area (Å²) in [6, 6.07) is 8.22. The van der Waals surface area contributed by atoms with Gasteiger partial charge in [0.1, 0.15) is 6.26 Å². The number of nitrogens with zero attached hydrogens (tertiary/aromatic N) is 4. The first-order valence-corrected chi connectivity index (χ1v) is 10.3. The quantitative estimate of drug-likeness (QED) is 0.587. The van der Waals surface area contributed by atoms with Gasteiger partial charge in [0.15, 0.2) is 5.96 Å². The minimum absolute atomic E-state index is 0.610. The van der Waals surface area contributed by atoms with Crippen molar-refractivity contribution in [2.24, 2.45) is 10.9 Å². The fourth-order valence-electron chi connectivity index (χ4n) is 3.74. The third-order valence-electron chi connectivity index (χ3n) is 5.49. The highest BCUT2D eigenvalue weighted by atomic mass is 16.3. The van der Waals surface area contributed by atoms with Crippen LogP contribution in [-0.2, 0) is 6.54 Å². The van der Waals surface area contributed by atoms with Crippen LogP contribution in [-0.4, -0.2) is 60.5 Å². The third-order valence-corrected chi connectivity index (χ3v) is 5.49. The van der Waals surface area contributed by atoms with Gasteiger partial charge in [-0.2, -0.15) is 0 Å². The van der Waals surface area contributed by atoms with Gasteiger partial charge in [0.05, 0.1) is 12.2 Å². The molecule has 0 saturated carbocycles. The van der Waals surface area contributed by atoms with E-state index in [1.165, 1.54) is 18.5 Å². The Hall–Kier alpha value is -2.34. The van der Waals surface area contributed by atoms with Crippen LogP contribution in [0.15, 0.2) is 39.9 Å². The zero-order chi connectivity index (χ0) is 19.9. The van der Waals surface area contributed by atoms with Crippen molar-refractivity contribution in [3.05, 3.63) is 41.8 Å². The van der Waals surface area contributed by atoms with Crippen molar-refractivity contribution in [3.63, 3.8) is 0 Å². The molecule has 1 unspecified atom stereocenters. The van der Waals surface area contributed by atoms with Crippen molar-refractivity contribution in [3.8, 4) is 11.5 Å². The van der Waals surface area contributed by atoms with Crippen LogP contribution in [0.5, 0.6) is 0 Å². The van der Waals surface area contributed by atoms with Gasteiger partial charge in [-0.1, -0.05) is 31.5 Å². The van der Waals surface area contributed by atoms with Crippen LogP contribution >= 0.6 is 0 Å². The number of guanidine groups is 1. The molecular weight excluding hydrogens is 350 g/mol. The Morgan fingerprint density at radius 2 is 2.04 bits per heavy atom. The second-order valence-electron chi connectivity index (χ2n) is 7.50. The number of aryl methyl sites for hydroxylation is 1. The topological polar surface area (TPSA) is 56.9 Å². The molecule has 2 heterocycles. The van der Waals surface area contributed by atoms with Crippen LogP contribution in [0.3, 0.4) is 0 Å². The van der Waals surface area contributed by atoms with Gasteiger partial charge in [-0.15, -0.1) is 0 Å². The first-order chi connectivity index (χ1) is 13.6. The molecule has 3 rings (SSSR count). The van der Waals surface area contributed by atoms with Crippen LogP contribution in [0, 0.1) is 12.8 Å². The van der Waals surface area contributed by atoms with Crippen molar-refractivity contribution in [1.29, 1.82) is 0 Å². The molecular formula is C22H33N5O. The van der Waals surface area contributed by atoms with Crippen molar-refractivity contribution in [2.75, 3.05) is 39.8 Å². The van der Waals surface area contributed by atoms with Crippen LogP contribution < -0.4 is 5.32 Å². The van der Waals surface area contributed by atoms with E-state index in [-0.39, 0.29) is 0 Å². The van der Waals surface area contributed by atoms with Crippen molar-refractivity contribution in [2.45, 2.75) is 33.7 Å². The van der Waals surface area contributed by atoms with Crippen molar-refractivity contribution >= 4 is 5.96 Å². The Balaban J connectivity index is 1.53. The van der Waals surface area contributed by atoms with Gasteiger partial charge < -0.3 is 19.5 Å². The Kier molecular flexibility index (Phi) is 7.09. The number of nitrogens with one attached hydrogen (secondary N) is 1. The lowest BCUT2D eigenvalue weighted by atomic mass is 10.1. The zero-order valence-corrected chi connectivity index (χ0v) is 17.6. The predicted octanol–water partition coefficient (Wildman–Crippen LogP) is 3.39. The molecule has 1 aromatic heterocycles. The lowest BCUT2D eigenvalue weighted by Gasteiger charge is -2.24. The minimum Gasteiger partial charge on any atom is -0.444 e. The summed E-state index contributed by atoms with van der Waals surface area (Å²) in [5, 5.41) is 3.44. The molecule has 1 aliphatic rings. The lowest BCUT2D eigenvalue weighted by molar-refractivity contribution is 0.255. The summed E-state index contributed by atoms with van der Waals surface area (Å²) in [5.41, 5.74) is 3.11. The fraction of sp³-hybridized carbons (Fsp3) is 0.545. The van der Waals surface area contributed by atoms with E-state index in [4.69, 9.17) is 4.42 Å². The molecule has 1 aromatic carbocycles. The standard InChI is InChI=1S/C22H33N5O/c1-5-26(6-2)14-18-11-12-27(15-18)22(23-4)24-13-20-16-28-21(25-20)19-9-7-17(3)8-10-19/h7-10,16,18H,5-6,11-15H2,1-4H3,(H,23,24). The van der Waals surface area contributed by atoms with Crippen LogP contribution in [0.25, 0.3) is 11.5 Å². The molecule has 0 spiro atoms. The van der Waals surface area contributed by atoms with Gasteiger partial charge in [0, 0.05) is 32.2 Å². The van der Waals surface area contributed by atoms with Gasteiger partial charge in [-0.05, 0) is 44.5 Å². The average Bonchev–Trinajstić information content (AvgIpc) is 3.37. The molecule has 0 bridgehead atoms. The van der Waals surface area contributed by atoms with Gasteiger partial charge in [-0.3, -0.25) is 4.99 Å². The van der Waals surface area contributed by atoms with Crippen molar-refractivity contribution in [1.82, 2.24) is 20.1 Å². The monoisotopic (exact) mass is 383 g/mol. The second-order valence-corrected chi connectivity index (χ2v) is 7.50. The molecule has 1 atom stereocenters. The Bertz CT molecular complexity index is 763. The fourth-order valence-corrected chi connectivity index (χ4v) is 3.74. The van der Waals surface area contributed by atoms with E-state index in [9.17, 15) is 0 Å². The number of aromatic nitrogens is 1. The molecule has 152 valence electrons. The summed E-state index contributed by atoms with van der Waals surface area (Å²) in [7, 11) is 1.85. The molecule has 6 nitrogen and oxygen atoms in total. The molecule has 1 saturated heterocycles. The normalized spacial score (nSPS) is 17.5. The first kappa shape index (κ1) is 20.4. The molecule has 28 heavy (non-hydrogen) atoms. The Morgan fingerprint density at radius 1 is 1.29 bits per heavy atom. The van der Waals surface area contributed by atoms with E-state index in [1.807, 2.05) is 19.2 Å². The molecule has 0 radical (unpaired) electrons. The van der Waals surface area contributed by atoms with Gasteiger partial charge in [0.25, 0.3) is 0 Å².